The third kappa shape index (κ3) is 35.2. The molecule has 0 bridgehead atoms. The monoisotopic (exact) mass is 3640 g/mol. The zero-order chi connectivity index (χ0) is 56.9. The van der Waals surface area contributed by atoms with Crippen molar-refractivity contribution < 1.29 is 406 Å². The Morgan fingerprint density at radius 1 is 0.489 bits per heavy atom. The molecule has 0 fully saturated rings. The van der Waals surface area contributed by atoms with Gasteiger partial charge in [-0.15, -0.1) is 49.8 Å². The maximum Gasteiger partial charge on any atom is 1.00 e. The molecule has 15 nitrogen and oxygen atoms in total. The molecule has 10 rings (SSSR count). The molecule has 0 atom stereocenters. The van der Waals surface area contributed by atoms with E-state index in [1.807, 2.05) is 68.4 Å². The number of carbonyl (C=O) groups is 4. The number of carbonyl (C=O) groups excluding carboxylic acids is 2. The van der Waals surface area contributed by atoms with Crippen LogP contribution >= 0.6 is 61.3 Å². The summed E-state index contributed by atoms with van der Waals surface area (Å²) in [6, 6.07) is 42.1. The van der Waals surface area contributed by atoms with Crippen molar-refractivity contribution in [3.8, 4) is 0 Å². The van der Waals surface area contributed by atoms with Crippen LogP contribution in [0.3, 0.4) is 0 Å². The number of sulfonamides is 2. The molecular weight excluding hydrogens is 3590 g/mol. The number of ketones is 2. The molecular formula is C54H50BBrF2LiNO14S6U10. The number of Topliss-reactive ketones (excluding diaryl/α,β-unsaturated/α-hetero) is 2. The van der Waals surface area contributed by atoms with Gasteiger partial charge in [0.15, 0.2) is 17.4 Å². The summed E-state index contributed by atoms with van der Waals surface area (Å²) in [5.41, 5.74) is 3.31. The molecule has 0 saturated heterocycles. The molecule has 6 aromatic carbocycles. The van der Waals surface area contributed by atoms with E-state index in [4.69, 9.17) is 20.3 Å². The standard InChI is InChI=1S/C12H10FNO4S2.C11H10OS.C10H7BrOS.C10H7FO2S.C10H8O2S.CH5BO2.Li.2H2O.10U/c13-14(19(15,16)11-7-3-1-4-8-11)20(17,18)12-9-5-2-6-10-12;1-7-3-4-10-9(5-7)6-11(13-10)8(2)12;1-6(12)10-5-7-4-8(11)2-3-9(7)13-10;1-5-2-3-7-6(4-5)8(11)9(14-7)10(12)13;1-6-2-3-8-7(4-6)5-9(13-8)10(11)12;1-2(3)4;;;;;;;;;;;;;/h1-10H;3-6H,1-2H3;2-5H,1H3;2-4H,1H3,(H,12,13);2-5H,1H3,(H,11,12);3-4H,1H3;;2*1H2;;;;;;;;;;/q;;;;;;+1;;;;;;;;;;;;/p-1. The minimum atomic E-state index is -4.77. The molecule has 0 radical (unpaired) electrons. The summed E-state index contributed by atoms with van der Waals surface area (Å²) < 4.78 is 79.2. The average molecular weight is 3650 g/mol. The van der Waals surface area contributed by atoms with Gasteiger partial charge in [-0.1, -0.05) is 99.4 Å². The Balaban J connectivity index is -0.000000125. The van der Waals surface area contributed by atoms with Crippen LogP contribution in [0.4, 0.5) is 8.87 Å². The van der Waals surface area contributed by atoms with Crippen molar-refractivity contribution in [1.82, 2.24) is 3.93 Å². The van der Waals surface area contributed by atoms with Crippen molar-refractivity contribution in [2.24, 2.45) is 0 Å². The average Bonchev–Trinajstić information content (AvgIpc) is 4.19. The van der Waals surface area contributed by atoms with E-state index in [2.05, 4.69) is 41.1 Å². The Hall–Kier alpha value is 4.66. The van der Waals surface area contributed by atoms with Gasteiger partial charge in [-0.2, -0.15) is 0 Å². The van der Waals surface area contributed by atoms with Crippen molar-refractivity contribution in [2.45, 2.75) is 51.2 Å². The summed E-state index contributed by atoms with van der Waals surface area (Å²) in [5, 5.41) is 36.4. The molecule has 0 aliphatic rings. The van der Waals surface area contributed by atoms with Crippen LogP contribution in [0.1, 0.15) is 69.2 Å². The van der Waals surface area contributed by atoms with E-state index < -0.39 is 58.6 Å². The number of hydrogen-bond acceptors (Lipinski definition) is 15. The van der Waals surface area contributed by atoms with Crippen molar-refractivity contribution in [3.63, 3.8) is 0 Å². The molecule has 0 saturated carbocycles. The smallest absolute Gasteiger partial charge is 0.870 e. The van der Waals surface area contributed by atoms with E-state index in [1.165, 1.54) is 70.2 Å². The van der Waals surface area contributed by atoms with Crippen LogP contribution in [0.15, 0.2) is 166 Å². The van der Waals surface area contributed by atoms with E-state index in [0.717, 1.165) is 81.1 Å². The largest absolute Gasteiger partial charge is 1.00 e. The second kappa shape index (κ2) is 55.2. The predicted molar refractivity (Wildman–Crippen MR) is 315 cm³/mol. The van der Waals surface area contributed by atoms with Crippen molar-refractivity contribution in [2.75, 3.05) is 0 Å². The zero-order valence-electron chi connectivity index (χ0n) is 48.5. The van der Waals surface area contributed by atoms with Gasteiger partial charge in [0.05, 0.1) is 23.5 Å². The molecule has 90 heavy (non-hydrogen) atoms. The molecule has 4 heterocycles. The van der Waals surface area contributed by atoms with Crippen molar-refractivity contribution in [3.05, 3.63) is 198 Å². The minimum absolute atomic E-state index is 0. The zero-order valence-corrected chi connectivity index (χ0v) is 96.7. The molecule has 0 unspecified atom stereocenters. The maximum absolute atomic E-state index is 14.0. The number of fused-ring (bicyclic) bond motifs is 4. The Labute approximate surface area is 795 Å². The van der Waals surface area contributed by atoms with Gasteiger partial charge >= 0.3 is 37.9 Å². The van der Waals surface area contributed by atoms with Crippen LogP contribution in [0, 0.1) is 338 Å². The maximum atomic E-state index is 14.0. The minimum Gasteiger partial charge on any atom is -0.870 e. The SMILES string of the molecule is CB(O)O.CC(=O)c1cc2cc(Br)ccc2s1.CC(=O)c1cc2cc(C)ccc2s1.Cc1ccc2sc(C(=O)O)c(F)c2c1.Cc1ccc2sc(C(=O)O)cc2c1.O.O=S(=O)(c1ccccc1)N(F)S(=O)(=O)c1ccccc1.[Li+].[OH-].[U].[U].[U].[U].[U].[U].[U].[U].[U].[U]. The predicted octanol–water partition coefficient (Wildman–Crippen LogP) is 10.3. The van der Waals surface area contributed by atoms with Gasteiger partial charge in [-0.05, 0) is 143 Å². The molecule has 4 aromatic heterocycles. The molecule has 0 aliphatic heterocycles. The van der Waals surface area contributed by atoms with Gasteiger partial charge < -0.3 is 31.2 Å². The number of hydrogen-bond donors (Lipinski definition) is 4. The van der Waals surface area contributed by atoms with Gasteiger partial charge in [0, 0.05) is 340 Å². The fourth-order valence-electron chi connectivity index (χ4n) is 6.59. The van der Waals surface area contributed by atoms with Crippen molar-refractivity contribution >= 4 is 152 Å². The summed E-state index contributed by atoms with van der Waals surface area (Å²) in [6.45, 7) is 10.4. The van der Waals surface area contributed by atoms with Crippen molar-refractivity contribution in [1.29, 1.82) is 0 Å². The third-order valence-corrected chi connectivity index (χ3v) is 19.0. The van der Waals surface area contributed by atoms with E-state index in [9.17, 15) is 44.9 Å². The van der Waals surface area contributed by atoms with E-state index in [1.54, 1.807) is 54.7 Å². The summed E-state index contributed by atoms with van der Waals surface area (Å²) in [6.07, 6.45) is 0. The number of benzene rings is 6. The van der Waals surface area contributed by atoms with Gasteiger partial charge in [-0.3, -0.25) is 9.59 Å². The van der Waals surface area contributed by atoms with Gasteiger partial charge in [0.25, 0.3) is 20.0 Å². The first-order valence-corrected chi connectivity index (χ1v) is 29.4. The Morgan fingerprint density at radius 2 is 0.800 bits per heavy atom. The number of carboxylic acid groups (broad SMARTS) is 2. The number of aryl methyl sites for hydroxylation is 3. The number of carboxylic acids is 2. The molecule has 456 valence electrons. The summed E-state index contributed by atoms with van der Waals surface area (Å²) in [7, 11) is -10.7. The molecule has 0 amide bonds. The van der Waals surface area contributed by atoms with E-state index in [-0.39, 0.29) is 357 Å². The van der Waals surface area contributed by atoms with Gasteiger partial charge in [0.1, 0.15) is 9.75 Å². The first-order chi connectivity index (χ1) is 36.2. The Morgan fingerprint density at radius 3 is 1.14 bits per heavy atom. The molecule has 0 spiro atoms. The Bertz CT molecular complexity index is 3730. The topological polar surface area (TPSA) is 282 Å². The normalized spacial score (nSPS) is 9.33. The summed E-state index contributed by atoms with van der Waals surface area (Å²) in [5.74, 6) is -2.39. The van der Waals surface area contributed by atoms with Crippen LogP contribution in [0.25, 0.3) is 40.3 Å². The third-order valence-electron chi connectivity index (χ3n) is 10.2. The number of halogens is 3. The van der Waals surface area contributed by atoms with E-state index >= 15 is 0 Å². The van der Waals surface area contributed by atoms with E-state index in [0.29, 0.717) is 15.0 Å². The van der Waals surface area contributed by atoms with Crippen LogP contribution in [-0.4, -0.2) is 82.6 Å². The number of rotatable bonds is 8. The summed E-state index contributed by atoms with van der Waals surface area (Å²) >= 11 is 8.79. The first-order valence-electron chi connectivity index (χ1n) is 22.5. The molecule has 36 heteroatoms. The first kappa shape index (κ1) is 113. The van der Waals surface area contributed by atoms with Gasteiger partial charge in [-0.25, -0.2) is 30.8 Å². The molecule has 7 N–H and O–H groups in total. The molecule has 10 aromatic rings. The fourth-order valence-corrected chi connectivity index (χ4v) is 13.5. The second-order valence-corrected chi connectivity index (χ2v) is 25.4. The second-order valence-electron chi connectivity index (χ2n) is 16.5. The van der Waals surface area contributed by atoms with Crippen LogP contribution in [-0.2, 0) is 20.0 Å². The van der Waals surface area contributed by atoms with Crippen LogP contribution in [0.5, 0.6) is 0 Å². The summed E-state index contributed by atoms with van der Waals surface area (Å²) in [4.78, 5) is 44.5. The van der Waals surface area contributed by atoms with Crippen LogP contribution < -0.4 is 18.9 Å². The fraction of sp³-hybridized carbons (Fsp3) is 0.111. The quantitative estimate of drug-likeness (QED) is 0.0626. The van der Waals surface area contributed by atoms with Gasteiger partial charge in [0.2, 0.25) is 0 Å². The number of nitrogens with zero attached hydrogens (tertiary/aromatic N) is 1. The van der Waals surface area contributed by atoms with Crippen LogP contribution in [0.2, 0.25) is 6.82 Å². The number of thiophene rings is 4. The Kier molecular flexibility index (Phi) is 69.5. The molecule has 0 aliphatic carbocycles. The number of aromatic carboxylic acids is 2.